The second-order valence-electron chi connectivity index (χ2n) is 7.68. The van der Waals surface area contributed by atoms with Crippen molar-refractivity contribution in [1.29, 1.82) is 0 Å². The third-order valence-electron chi connectivity index (χ3n) is 5.46. The van der Waals surface area contributed by atoms with Crippen LogP contribution in [-0.2, 0) is 4.79 Å². The first-order valence-electron chi connectivity index (χ1n) is 10.5. The Bertz CT molecular complexity index is 1230. The average molecular weight is 499 g/mol. The van der Waals surface area contributed by atoms with Gasteiger partial charge in [-0.3, -0.25) is 9.78 Å². The molecule has 1 aliphatic heterocycles. The molecule has 0 bridgehead atoms. The van der Waals surface area contributed by atoms with E-state index in [1.165, 1.54) is 4.90 Å². The SMILES string of the molecule is O=C(Nc1ccc(-c2ccc(C(=O)N3CCC[C@H]3C(=O)O)nc2)cc1)Nc1cccc(Cl)c1Cl. The van der Waals surface area contributed by atoms with E-state index in [1.807, 2.05) is 0 Å². The molecule has 3 N–H and O–H groups in total. The zero-order chi connectivity index (χ0) is 24.2. The van der Waals surface area contributed by atoms with Crippen molar-refractivity contribution in [3.8, 4) is 11.1 Å². The van der Waals surface area contributed by atoms with E-state index in [1.54, 1.807) is 60.8 Å². The first-order valence-corrected chi connectivity index (χ1v) is 11.2. The van der Waals surface area contributed by atoms with Gasteiger partial charge in [-0.05, 0) is 48.7 Å². The molecule has 0 radical (unpaired) electrons. The van der Waals surface area contributed by atoms with Crippen molar-refractivity contribution in [2.75, 3.05) is 17.2 Å². The lowest BCUT2D eigenvalue weighted by Crippen LogP contribution is -2.40. The maximum Gasteiger partial charge on any atom is 0.326 e. The number of aromatic nitrogens is 1. The number of carboxylic acids is 1. The molecule has 10 heteroatoms. The van der Waals surface area contributed by atoms with Gasteiger partial charge in [-0.25, -0.2) is 9.59 Å². The average Bonchev–Trinajstić information content (AvgIpc) is 3.33. The molecule has 0 unspecified atom stereocenters. The Labute approximate surface area is 205 Å². The van der Waals surface area contributed by atoms with Gasteiger partial charge in [-0.2, -0.15) is 0 Å². The van der Waals surface area contributed by atoms with Gasteiger partial charge in [0.05, 0.1) is 15.7 Å². The molecular formula is C24H20Cl2N4O4. The van der Waals surface area contributed by atoms with Gasteiger partial charge < -0.3 is 20.6 Å². The number of halogens is 2. The summed E-state index contributed by atoms with van der Waals surface area (Å²) in [5, 5.41) is 15.3. The highest BCUT2D eigenvalue weighted by Gasteiger charge is 2.34. The van der Waals surface area contributed by atoms with Gasteiger partial charge in [0.25, 0.3) is 5.91 Å². The molecule has 2 heterocycles. The Kier molecular flexibility index (Phi) is 7.00. The summed E-state index contributed by atoms with van der Waals surface area (Å²) in [5.41, 5.74) is 2.77. The van der Waals surface area contributed by atoms with Gasteiger partial charge in [-0.15, -0.1) is 0 Å². The number of amides is 3. The molecule has 8 nitrogen and oxygen atoms in total. The fraction of sp³-hybridized carbons (Fsp3) is 0.167. The van der Waals surface area contributed by atoms with Gasteiger partial charge >= 0.3 is 12.0 Å². The van der Waals surface area contributed by atoms with Crippen LogP contribution in [0.4, 0.5) is 16.2 Å². The van der Waals surface area contributed by atoms with E-state index >= 15 is 0 Å². The van der Waals surface area contributed by atoms with Crippen LogP contribution in [0.5, 0.6) is 0 Å². The highest BCUT2D eigenvalue weighted by Crippen LogP contribution is 2.30. The van der Waals surface area contributed by atoms with Crippen LogP contribution in [0.3, 0.4) is 0 Å². The number of benzene rings is 2. The van der Waals surface area contributed by atoms with Crippen molar-refractivity contribution >= 4 is 52.5 Å². The molecule has 34 heavy (non-hydrogen) atoms. The predicted octanol–water partition coefficient (Wildman–Crippen LogP) is 5.39. The summed E-state index contributed by atoms with van der Waals surface area (Å²) in [6.07, 6.45) is 2.67. The number of likely N-dealkylation sites (tertiary alicyclic amines) is 1. The number of aliphatic carboxylic acids is 1. The van der Waals surface area contributed by atoms with Crippen LogP contribution in [0.1, 0.15) is 23.3 Å². The van der Waals surface area contributed by atoms with E-state index in [9.17, 15) is 19.5 Å². The number of anilines is 2. The summed E-state index contributed by atoms with van der Waals surface area (Å²) in [4.78, 5) is 41.9. The second kappa shape index (κ2) is 10.1. The Morgan fingerprint density at radius 1 is 0.971 bits per heavy atom. The maximum atomic E-state index is 12.7. The first-order chi connectivity index (χ1) is 16.3. The van der Waals surface area contributed by atoms with Crippen molar-refractivity contribution in [2.24, 2.45) is 0 Å². The lowest BCUT2D eigenvalue weighted by atomic mass is 10.1. The molecule has 3 aromatic rings. The van der Waals surface area contributed by atoms with Crippen molar-refractivity contribution in [1.82, 2.24) is 9.88 Å². The highest BCUT2D eigenvalue weighted by molar-refractivity contribution is 6.44. The molecule has 174 valence electrons. The molecule has 1 saturated heterocycles. The zero-order valence-electron chi connectivity index (χ0n) is 17.8. The van der Waals surface area contributed by atoms with E-state index < -0.39 is 18.0 Å². The summed E-state index contributed by atoms with van der Waals surface area (Å²) >= 11 is 12.0. The number of rotatable bonds is 5. The fourth-order valence-electron chi connectivity index (χ4n) is 3.74. The number of urea groups is 1. The topological polar surface area (TPSA) is 112 Å². The third-order valence-corrected chi connectivity index (χ3v) is 6.28. The molecule has 1 aromatic heterocycles. The molecule has 0 aliphatic carbocycles. The number of nitrogens with zero attached hydrogens (tertiary/aromatic N) is 2. The molecule has 4 rings (SSSR count). The van der Waals surface area contributed by atoms with Crippen molar-refractivity contribution < 1.29 is 19.5 Å². The molecule has 0 spiro atoms. The summed E-state index contributed by atoms with van der Waals surface area (Å²) in [6, 6.07) is 14.1. The van der Waals surface area contributed by atoms with Gasteiger partial charge in [-0.1, -0.05) is 47.5 Å². The minimum Gasteiger partial charge on any atom is -0.480 e. The molecule has 1 aliphatic rings. The van der Waals surface area contributed by atoms with E-state index in [0.717, 1.165) is 11.1 Å². The molecule has 1 fully saturated rings. The zero-order valence-corrected chi connectivity index (χ0v) is 19.3. The van der Waals surface area contributed by atoms with Gasteiger partial charge in [0, 0.05) is 24.0 Å². The number of hydrogen-bond donors (Lipinski definition) is 3. The number of nitrogens with one attached hydrogen (secondary N) is 2. The van der Waals surface area contributed by atoms with Crippen LogP contribution in [0.2, 0.25) is 10.0 Å². The monoisotopic (exact) mass is 498 g/mol. The normalized spacial score (nSPS) is 15.1. The maximum absolute atomic E-state index is 12.7. The molecule has 1 atom stereocenters. The molecular weight excluding hydrogens is 479 g/mol. The molecule has 3 amide bonds. The standard InChI is InChI=1S/C24H20Cl2N4O4/c25-17-3-1-4-18(21(17)26)29-24(34)28-16-9-6-14(7-10-16)15-8-11-19(27-13-15)22(31)30-12-2-5-20(30)23(32)33/h1,3-4,6-11,13,20H,2,5,12H2,(H,32,33)(H2,28,29,34)/t20-/m0/s1. The van der Waals surface area contributed by atoms with Crippen LogP contribution in [0.15, 0.2) is 60.8 Å². The van der Waals surface area contributed by atoms with E-state index in [4.69, 9.17) is 23.2 Å². The van der Waals surface area contributed by atoms with Crippen molar-refractivity contribution in [2.45, 2.75) is 18.9 Å². The van der Waals surface area contributed by atoms with Gasteiger partial charge in [0.1, 0.15) is 11.7 Å². The second-order valence-corrected chi connectivity index (χ2v) is 8.47. The fourth-order valence-corrected chi connectivity index (χ4v) is 4.08. The summed E-state index contributed by atoms with van der Waals surface area (Å²) in [6.45, 7) is 0.408. The first kappa shape index (κ1) is 23.5. The van der Waals surface area contributed by atoms with E-state index in [2.05, 4.69) is 15.6 Å². The smallest absolute Gasteiger partial charge is 0.326 e. The number of carbonyl (C=O) groups is 3. The lowest BCUT2D eigenvalue weighted by Gasteiger charge is -2.20. The molecule has 2 aromatic carbocycles. The van der Waals surface area contributed by atoms with Crippen molar-refractivity contribution in [3.05, 3.63) is 76.5 Å². The van der Waals surface area contributed by atoms with Gasteiger partial charge in [0.2, 0.25) is 0 Å². The Morgan fingerprint density at radius 3 is 2.38 bits per heavy atom. The van der Waals surface area contributed by atoms with Crippen LogP contribution in [0.25, 0.3) is 11.1 Å². The van der Waals surface area contributed by atoms with Crippen LogP contribution in [-0.4, -0.2) is 45.5 Å². The number of pyridine rings is 1. The Hall–Kier alpha value is -3.62. The van der Waals surface area contributed by atoms with E-state index in [0.29, 0.717) is 35.8 Å². The summed E-state index contributed by atoms with van der Waals surface area (Å²) < 4.78 is 0. The van der Waals surface area contributed by atoms with Crippen LogP contribution < -0.4 is 10.6 Å². The number of hydrogen-bond acceptors (Lipinski definition) is 4. The number of carboxylic acid groups (broad SMARTS) is 1. The van der Waals surface area contributed by atoms with Gasteiger partial charge in [0.15, 0.2) is 0 Å². The largest absolute Gasteiger partial charge is 0.480 e. The lowest BCUT2D eigenvalue weighted by molar-refractivity contribution is -0.141. The van der Waals surface area contributed by atoms with E-state index in [-0.39, 0.29) is 16.6 Å². The number of carbonyl (C=O) groups excluding carboxylic acids is 2. The Morgan fingerprint density at radius 2 is 1.71 bits per heavy atom. The molecule has 0 saturated carbocycles. The highest BCUT2D eigenvalue weighted by atomic mass is 35.5. The summed E-state index contributed by atoms with van der Waals surface area (Å²) in [5.74, 6) is -1.39. The van der Waals surface area contributed by atoms with Crippen LogP contribution in [0, 0.1) is 0 Å². The third kappa shape index (κ3) is 5.13. The quantitative estimate of drug-likeness (QED) is 0.436. The Balaban J connectivity index is 1.40. The minimum absolute atomic E-state index is 0.200. The van der Waals surface area contributed by atoms with Crippen LogP contribution >= 0.6 is 23.2 Å². The van der Waals surface area contributed by atoms with Crippen molar-refractivity contribution in [3.63, 3.8) is 0 Å². The summed E-state index contributed by atoms with van der Waals surface area (Å²) in [7, 11) is 0. The predicted molar refractivity (Wildman–Crippen MR) is 130 cm³/mol. The minimum atomic E-state index is -1.000.